The Bertz CT molecular complexity index is 728. The molecule has 2 unspecified atom stereocenters. The van der Waals surface area contributed by atoms with Crippen LogP contribution in [0.2, 0.25) is 0 Å². The first kappa shape index (κ1) is 16.6. The predicted octanol–water partition coefficient (Wildman–Crippen LogP) is 2.40. The number of rotatable bonds is 2. The van der Waals surface area contributed by atoms with E-state index in [2.05, 4.69) is 0 Å². The molecule has 2 atom stereocenters. The van der Waals surface area contributed by atoms with Gasteiger partial charge < -0.3 is 5.11 Å². The summed E-state index contributed by atoms with van der Waals surface area (Å²) in [5.41, 5.74) is -2.92. The van der Waals surface area contributed by atoms with Crippen molar-refractivity contribution in [2.24, 2.45) is 0 Å². The molecule has 3 nitrogen and oxygen atoms in total. The van der Waals surface area contributed by atoms with Crippen molar-refractivity contribution in [2.75, 3.05) is 0 Å². The number of sulfone groups is 1. The molecule has 9 heteroatoms. The summed E-state index contributed by atoms with van der Waals surface area (Å²) < 4.78 is 90.9. The third kappa shape index (κ3) is 2.44. The highest BCUT2D eigenvalue weighted by Gasteiger charge is 2.53. The van der Waals surface area contributed by atoms with Gasteiger partial charge in [-0.2, -0.15) is 0 Å². The van der Waals surface area contributed by atoms with Crippen LogP contribution in [0.5, 0.6) is 0 Å². The molecule has 128 valence electrons. The molecule has 2 bridgehead atoms. The molecule has 2 aliphatic rings. The van der Waals surface area contributed by atoms with Crippen LogP contribution in [0.4, 0.5) is 22.0 Å². The van der Waals surface area contributed by atoms with Gasteiger partial charge in [-0.1, -0.05) is 0 Å². The Morgan fingerprint density at radius 2 is 1.26 bits per heavy atom. The minimum Gasteiger partial charge on any atom is -0.389 e. The van der Waals surface area contributed by atoms with Gasteiger partial charge in [0.25, 0.3) is 0 Å². The molecule has 1 N–H and O–H groups in total. The van der Waals surface area contributed by atoms with Gasteiger partial charge in [-0.3, -0.25) is 0 Å². The molecule has 0 saturated carbocycles. The summed E-state index contributed by atoms with van der Waals surface area (Å²) in [5, 5.41) is 8.82. The monoisotopic (exact) mass is 356 g/mol. The zero-order chi connectivity index (χ0) is 17.2. The largest absolute Gasteiger partial charge is 0.389 e. The van der Waals surface area contributed by atoms with Crippen molar-refractivity contribution in [1.29, 1.82) is 0 Å². The lowest BCUT2D eigenvalue weighted by atomic mass is 9.86. The highest BCUT2D eigenvalue weighted by molar-refractivity contribution is 7.93. The van der Waals surface area contributed by atoms with Crippen LogP contribution in [-0.2, 0) is 16.3 Å². The molecule has 0 spiro atoms. The van der Waals surface area contributed by atoms with Gasteiger partial charge in [0.2, 0.25) is 5.82 Å². The number of benzene rings is 1. The van der Waals surface area contributed by atoms with Gasteiger partial charge in [-0.05, 0) is 25.7 Å². The molecular weight excluding hydrogens is 343 g/mol. The van der Waals surface area contributed by atoms with E-state index in [0.29, 0.717) is 12.8 Å². The molecule has 1 aromatic carbocycles. The fourth-order valence-electron chi connectivity index (χ4n) is 3.62. The lowest BCUT2D eigenvalue weighted by molar-refractivity contribution is 0.0199. The van der Waals surface area contributed by atoms with E-state index in [-0.39, 0.29) is 12.8 Å². The Hall–Kier alpha value is -1.22. The maximum Gasteiger partial charge on any atom is 0.200 e. The molecule has 0 aliphatic carbocycles. The minimum absolute atomic E-state index is 0.272. The number of hydrogen-bond acceptors (Lipinski definition) is 3. The first-order valence-corrected chi connectivity index (χ1v) is 8.63. The van der Waals surface area contributed by atoms with E-state index in [4.69, 9.17) is 0 Å². The zero-order valence-corrected chi connectivity index (χ0v) is 12.6. The number of halogens is 5. The lowest BCUT2D eigenvalue weighted by Gasteiger charge is -2.36. The summed E-state index contributed by atoms with van der Waals surface area (Å²) in [6.45, 7) is 0. The maximum absolute atomic E-state index is 13.7. The van der Waals surface area contributed by atoms with Crippen LogP contribution in [0, 0.1) is 29.1 Å². The molecule has 0 amide bonds. The molecule has 0 radical (unpaired) electrons. The van der Waals surface area contributed by atoms with Gasteiger partial charge in [0.1, 0.15) is 0 Å². The first-order chi connectivity index (χ1) is 10.6. The number of fused-ring (bicyclic) bond motifs is 2. The highest BCUT2D eigenvalue weighted by atomic mass is 32.2. The Morgan fingerprint density at radius 1 is 0.870 bits per heavy atom. The van der Waals surface area contributed by atoms with Gasteiger partial charge in [0.15, 0.2) is 33.1 Å². The standard InChI is InChI=1S/C14H13F5O3S/c15-9-8(10(16)12(18)13(19)11(9)17)5-14(20)3-6-1-2-7(4-14)23(6,21)22/h6-7,20H,1-5H2. The summed E-state index contributed by atoms with van der Waals surface area (Å²) in [4.78, 5) is 0. The summed E-state index contributed by atoms with van der Waals surface area (Å²) in [6.07, 6.45) is -0.712. The van der Waals surface area contributed by atoms with Crippen molar-refractivity contribution >= 4 is 9.84 Å². The predicted molar refractivity (Wildman–Crippen MR) is 69.8 cm³/mol. The Morgan fingerprint density at radius 3 is 1.70 bits per heavy atom. The van der Waals surface area contributed by atoms with Gasteiger partial charge in [0.05, 0.1) is 16.1 Å². The van der Waals surface area contributed by atoms with Gasteiger partial charge >= 0.3 is 0 Å². The fourth-order valence-corrected chi connectivity index (χ4v) is 6.18. The van der Waals surface area contributed by atoms with Crippen LogP contribution in [-0.4, -0.2) is 29.6 Å². The van der Waals surface area contributed by atoms with Crippen LogP contribution in [0.1, 0.15) is 31.2 Å². The number of hydrogen-bond donors (Lipinski definition) is 1. The average Bonchev–Trinajstić information content (AvgIpc) is 2.66. The third-order valence-corrected chi connectivity index (χ3v) is 7.42. The van der Waals surface area contributed by atoms with E-state index in [1.807, 2.05) is 0 Å². The zero-order valence-electron chi connectivity index (χ0n) is 11.8. The molecule has 2 fully saturated rings. The summed E-state index contributed by atoms with van der Waals surface area (Å²) >= 11 is 0. The SMILES string of the molecule is O=S1(=O)C2CCC1CC(O)(Cc1c(F)c(F)c(F)c(F)c1F)C2. The first-order valence-electron chi connectivity index (χ1n) is 7.02. The average molecular weight is 356 g/mol. The second-order valence-corrected chi connectivity index (χ2v) is 8.78. The third-order valence-electron chi connectivity index (χ3n) is 4.76. The summed E-state index contributed by atoms with van der Waals surface area (Å²) in [7, 11) is -3.39. The van der Waals surface area contributed by atoms with Crippen molar-refractivity contribution in [1.82, 2.24) is 0 Å². The van der Waals surface area contributed by atoms with Crippen molar-refractivity contribution in [3.8, 4) is 0 Å². The minimum atomic E-state index is -3.39. The van der Waals surface area contributed by atoms with Gasteiger partial charge in [0, 0.05) is 12.0 Å². The van der Waals surface area contributed by atoms with E-state index in [0.717, 1.165) is 0 Å². The van der Waals surface area contributed by atoms with Gasteiger partial charge in [-0.25, -0.2) is 30.4 Å². The Balaban J connectivity index is 1.98. The second kappa shape index (κ2) is 5.14. The quantitative estimate of drug-likeness (QED) is 0.503. The van der Waals surface area contributed by atoms with E-state index < -0.39 is 67.0 Å². The fraction of sp³-hybridized carbons (Fsp3) is 0.571. The second-order valence-electron chi connectivity index (χ2n) is 6.27. The van der Waals surface area contributed by atoms with Crippen molar-refractivity contribution < 1.29 is 35.5 Å². The van der Waals surface area contributed by atoms with Crippen molar-refractivity contribution in [2.45, 2.75) is 48.2 Å². The molecule has 2 aliphatic heterocycles. The van der Waals surface area contributed by atoms with Crippen LogP contribution < -0.4 is 0 Å². The molecular formula is C14H13F5O3S. The molecule has 2 saturated heterocycles. The maximum atomic E-state index is 13.7. The van der Waals surface area contributed by atoms with Gasteiger partial charge in [-0.15, -0.1) is 0 Å². The topological polar surface area (TPSA) is 54.4 Å². The van der Waals surface area contributed by atoms with Crippen molar-refractivity contribution in [3.63, 3.8) is 0 Å². The molecule has 2 heterocycles. The Labute approximate surface area is 129 Å². The summed E-state index contributed by atoms with van der Waals surface area (Å²) in [6, 6.07) is 0. The van der Waals surface area contributed by atoms with Crippen LogP contribution in [0.3, 0.4) is 0 Å². The van der Waals surface area contributed by atoms with E-state index >= 15 is 0 Å². The highest BCUT2D eigenvalue weighted by Crippen LogP contribution is 2.45. The Kier molecular flexibility index (Phi) is 3.72. The smallest absolute Gasteiger partial charge is 0.200 e. The molecule has 23 heavy (non-hydrogen) atoms. The van der Waals surface area contributed by atoms with Crippen LogP contribution in [0.15, 0.2) is 0 Å². The van der Waals surface area contributed by atoms with E-state index in [1.165, 1.54) is 0 Å². The lowest BCUT2D eigenvalue weighted by Crippen LogP contribution is -2.46. The number of aliphatic hydroxyl groups is 1. The van der Waals surface area contributed by atoms with Crippen LogP contribution >= 0.6 is 0 Å². The van der Waals surface area contributed by atoms with Crippen LogP contribution in [0.25, 0.3) is 0 Å². The molecule has 3 rings (SSSR count). The van der Waals surface area contributed by atoms with E-state index in [1.54, 1.807) is 0 Å². The van der Waals surface area contributed by atoms with E-state index in [9.17, 15) is 35.5 Å². The van der Waals surface area contributed by atoms with Crippen molar-refractivity contribution in [3.05, 3.63) is 34.6 Å². The molecule has 0 aromatic heterocycles. The molecule has 1 aromatic rings. The summed E-state index contributed by atoms with van der Waals surface area (Å²) in [5.74, 6) is -10.4. The normalized spacial score (nSPS) is 32.3.